The molecule has 0 saturated heterocycles. The Morgan fingerprint density at radius 2 is 2.38 bits per heavy atom. The summed E-state index contributed by atoms with van der Waals surface area (Å²) in [5.74, 6) is -0.306. The van der Waals surface area contributed by atoms with E-state index >= 15 is 0 Å². The normalized spacial score (nSPS) is 9.31. The van der Waals surface area contributed by atoms with Crippen LogP contribution in [0.5, 0.6) is 0 Å². The van der Waals surface area contributed by atoms with E-state index in [0.29, 0.717) is 12.2 Å². The maximum absolute atomic E-state index is 11.2. The van der Waals surface area contributed by atoms with E-state index in [0.717, 1.165) is 5.56 Å². The average Bonchev–Trinajstić information content (AvgIpc) is 2.18. The zero-order chi connectivity index (χ0) is 9.68. The number of carbonyl (C=O) groups is 1. The summed E-state index contributed by atoms with van der Waals surface area (Å²) in [6, 6.07) is 7.01. The molecule has 1 radical (unpaired) electrons. The molecule has 0 aliphatic heterocycles. The van der Waals surface area contributed by atoms with Crippen LogP contribution in [0.25, 0.3) is 0 Å². The second kappa shape index (κ2) is 4.45. The first-order chi connectivity index (χ1) is 6.27. The lowest BCUT2D eigenvalue weighted by Gasteiger charge is -2.01. The van der Waals surface area contributed by atoms with E-state index in [1.54, 1.807) is 25.1 Å². The van der Waals surface area contributed by atoms with Gasteiger partial charge in [0, 0.05) is 0 Å². The third-order valence-corrected chi connectivity index (χ3v) is 1.58. The van der Waals surface area contributed by atoms with Crippen LogP contribution in [0.1, 0.15) is 22.8 Å². The van der Waals surface area contributed by atoms with Crippen molar-refractivity contribution in [2.45, 2.75) is 6.92 Å². The van der Waals surface area contributed by atoms with Crippen molar-refractivity contribution in [2.24, 2.45) is 0 Å². The Morgan fingerprint density at radius 3 is 3.00 bits per heavy atom. The number of hydrogen-bond acceptors (Lipinski definition) is 2. The molecular weight excluding hydrogens is 164 g/mol. The topological polar surface area (TPSA) is 26.3 Å². The van der Waals surface area contributed by atoms with Crippen molar-refractivity contribution in [1.29, 1.82) is 0 Å². The molecule has 0 amide bonds. The maximum atomic E-state index is 11.2. The molecule has 1 rings (SSSR count). The number of benzene rings is 1. The summed E-state index contributed by atoms with van der Waals surface area (Å²) in [4.78, 5) is 11.2. The molecule has 2 heteroatoms. The van der Waals surface area contributed by atoms with Crippen LogP contribution >= 0.6 is 0 Å². The fraction of sp³-hybridized carbons (Fsp3) is 0.182. The Kier molecular flexibility index (Phi) is 3.26. The molecule has 0 spiro atoms. The van der Waals surface area contributed by atoms with Gasteiger partial charge in [0.15, 0.2) is 0 Å². The highest BCUT2D eigenvalue weighted by Gasteiger charge is 2.04. The Labute approximate surface area is 77.8 Å². The summed E-state index contributed by atoms with van der Waals surface area (Å²) < 4.78 is 4.84. The first kappa shape index (κ1) is 9.52. The SMILES string of the molecule is C=[C]c1cccc(C(=O)OCC)c1. The molecule has 0 atom stereocenters. The summed E-state index contributed by atoms with van der Waals surface area (Å²) in [5, 5.41) is 0. The van der Waals surface area contributed by atoms with Crippen LogP contribution in [0, 0.1) is 6.08 Å². The standard InChI is InChI=1S/C11H11O2/c1-3-9-6-5-7-10(8-9)11(12)13-4-2/h5-8H,1,4H2,2H3. The number of hydrogen-bond donors (Lipinski definition) is 0. The largest absolute Gasteiger partial charge is 0.462 e. The van der Waals surface area contributed by atoms with E-state index in [9.17, 15) is 4.79 Å². The lowest BCUT2D eigenvalue weighted by Crippen LogP contribution is -2.04. The summed E-state index contributed by atoms with van der Waals surface area (Å²) in [6.07, 6.45) is 2.71. The van der Waals surface area contributed by atoms with Crippen LogP contribution in [0.3, 0.4) is 0 Å². The molecule has 2 nitrogen and oxygen atoms in total. The summed E-state index contributed by atoms with van der Waals surface area (Å²) in [7, 11) is 0. The average molecular weight is 175 g/mol. The first-order valence-corrected chi connectivity index (χ1v) is 4.08. The first-order valence-electron chi connectivity index (χ1n) is 4.08. The van der Waals surface area contributed by atoms with Gasteiger partial charge in [-0.2, -0.15) is 0 Å². The third-order valence-electron chi connectivity index (χ3n) is 1.58. The van der Waals surface area contributed by atoms with Gasteiger partial charge < -0.3 is 4.74 Å². The van der Waals surface area contributed by atoms with Gasteiger partial charge in [-0.3, -0.25) is 0 Å². The summed E-state index contributed by atoms with van der Waals surface area (Å²) >= 11 is 0. The predicted octanol–water partition coefficient (Wildman–Crippen LogP) is 2.20. The summed E-state index contributed by atoms with van der Waals surface area (Å²) in [5.41, 5.74) is 1.33. The van der Waals surface area contributed by atoms with Crippen LogP contribution in [0.2, 0.25) is 0 Å². The highest BCUT2D eigenvalue weighted by molar-refractivity contribution is 5.89. The van der Waals surface area contributed by atoms with E-state index < -0.39 is 0 Å². The lowest BCUT2D eigenvalue weighted by molar-refractivity contribution is 0.0526. The fourth-order valence-electron chi connectivity index (χ4n) is 0.971. The van der Waals surface area contributed by atoms with E-state index in [1.165, 1.54) is 0 Å². The molecule has 0 unspecified atom stereocenters. The van der Waals surface area contributed by atoms with Crippen LogP contribution < -0.4 is 0 Å². The zero-order valence-electron chi connectivity index (χ0n) is 7.54. The van der Waals surface area contributed by atoms with Crippen molar-refractivity contribution in [1.82, 2.24) is 0 Å². The van der Waals surface area contributed by atoms with Crippen molar-refractivity contribution in [3.63, 3.8) is 0 Å². The van der Waals surface area contributed by atoms with Crippen molar-refractivity contribution in [3.05, 3.63) is 48.0 Å². The van der Waals surface area contributed by atoms with Gasteiger partial charge in [-0.15, -0.1) is 0 Å². The minimum atomic E-state index is -0.306. The van der Waals surface area contributed by atoms with Crippen LogP contribution in [-0.4, -0.2) is 12.6 Å². The van der Waals surface area contributed by atoms with Crippen molar-refractivity contribution >= 4 is 5.97 Å². The lowest BCUT2D eigenvalue weighted by atomic mass is 10.1. The zero-order valence-corrected chi connectivity index (χ0v) is 7.54. The Morgan fingerprint density at radius 1 is 1.62 bits per heavy atom. The van der Waals surface area contributed by atoms with Gasteiger partial charge in [-0.1, -0.05) is 18.7 Å². The van der Waals surface area contributed by atoms with Gasteiger partial charge in [0.25, 0.3) is 0 Å². The van der Waals surface area contributed by atoms with Crippen molar-refractivity contribution < 1.29 is 9.53 Å². The number of ether oxygens (including phenoxy) is 1. The molecule has 0 fully saturated rings. The number of esters is 1. The van der Waals surface area contributed by atoms with Gasteiger partial charge in [0.2, 0.25) is 0 Å². The molecule has 0 N–H and O–H groups in total. The number of rotatable bonds is 3. The number of carbonyl (C=O) groups excluding carboxylic acids is 1. The molecular formula is C11H11O2. The molecule has 67 valence electrons. The van der Waals surface area contributed by atoms with E-state index in [-0.39, 0.29) is 5.97 Å². The highest BCUT2D eigenvalue weighted by atomic mass is 16.5. The Balaban J connectivity index is 2.88. The van der Waals surface area contributed by atoms with Gasteiger partial charge >= 0.3 is 5.97 Å². The molecule has 13 heavy (non-hydrogen) atoms. The molecule has 1 aromatic rings. The summed E-state index contributed by atoms with van der Waals surface area (Å²) in [6.45, 7) is 5.67. The van der Waals surface area contributed by atoms with Crippen LogP contribution in [0.4, 0.5) is 0 Å². The molecule has 0 heterocycles. The van der Waals surface area contributed by atoms with E-state index in [2.05, 4.69) is 12.7 Å². The van der Waals surface area contributed by atoms with Gasteiger partial charge in [-0.05, 0) is 30.7 Å². The predicted molar refractivity (Wildman–Crippen MR) is 50.4 cm³/mol. The molecule has 0 aromatic heterocycles. The minimum Gasteiger partial charge on any atom is -0.462 e. The van der Waals surface area contributed by atoms with E-state index in [4.69, 9.17) is 4.74 Å². The molecule has 0 aliphatic rings. The maximum Gasteiger partial charge on any atom is 0.338 e. The quantitative estimate of drug-likeness (QED) is 0.658. The smallest absolute Gasteiger partial charge is 0.338 e. The second-order valence-electron chi connectivity index (χ2n) is 2.48. The second-order valence-corrected chi connectivity index (χ2v) is 2.48. The fourth-order valence-corrected chi connectivity index (χ4v) is 0.971. The molecule has 0 saturated carbocycles. The highest BCUT2D eigenvalue weighted by Crippen LogP contribution is 2.06. The van der Waals surface area contributed by atoms with Gasteiger partial charge in [-0.25, -0.2) is 4.79 Å². The molecule has 0 bridgehead atoms. The van der Waals surface area contributed by atoms with Gasteiger partial charge in [0.05, 0.1) is 12.2 Å². The Hall–Kier alpha value is -1.57. The van der Waals surface area contributed by atoms with E-state index in [1.807, 2.05) is 6.07 Å². The van der Waals surface area contributed by atoms with Crippen LogP contribution in [-0.2, 0) is 4.74 Å². The molecule has 0 aliphatic carbocycles. The van der Waals surface area contributed by atoms with Gasteiger partial charge in [0.1, 0.15) is 0 Å². The third kappa shape index (κ3) is 2.44. The van der Waals surface area contributed by atoms with Crippen molar-refractivity contribution in [2.75, 3.05) is 6.61 Å². The van der Waals surface area contributed by atoms with Crippen molar-refractivity contribution in [3.8, 4) is 0 Å². The molecule has 1 aromatic carbocycles. The minimum absolute atomic E-state index is 0.306. The Bertz CT molecular complexity index is 316. The monoisotopic (exact) mass is 175 g/mol. The van der Waals surface area contributed by atoms with Crippen LogP contribution in [0.15, 0.2) is 30.8 Å².